The van der Waals surface area contributed by atoms with Gasteiger partial charge >= 0.3 is 0 Å². The van der Waals surface area contributed by atoms with Crippen LogP contribution in [0.5, 0.6) is 0 Å². The number of hydrogen-bond acceptors (Lipinski definition) is 6. The molecule has 4 aromatic heterocycles. The van der Waals surface area contributed by atoms with Gasteiger partial charge in [0.05, 0.1) is 9.75 Å². The van der Waals surface area contributed by atoms with Crippen molar-refractivity contribution in [2.45, 2.75) is 182 Å². The lowest BCUT2D eigenvalue weighted by molar-refractivity contribution is 0.0898. The molecule has 64 heavy (non-hydrogen) atoms. The highest BCUT2D eigenvalue weighted by atomic mass is 32.1. The van der Waals surface area contributed by atoms with Gasteiger partial charge in [0.2, 0.25) is 0 Å². The van der Waals surface area contributed by atoms with E-state index in [4.69, 9.17) is 0 Å². The molecule has 2 unspecified atom stereocenters. The topological polar surface area (TPSA) is 34.1 Å². The van der Waals surface area contributed by atoms with E-state index < -0.39 is 0 Å². The SMILES string of the molecule is CCCCCCCCC(CCCCCC)C(=O)c1ccc(-c2cc(-c3cccs3)cc3c(-c4ccc(C(=O)C(CCCCCC)CCCCCCCC)s4)cc(-c4cccs4)cc23)s1. The molecule has 0 saturated carbocycles. The fourth-order valence-electron chi connectivity index (χ4n) is 9.46. The largest absolute Gasteiger partial charge is 0.293 e. The number of ketones is 2. The Kier molecular flexibility index (Phi) is 21.6. The van der Waals surface area contributed by atoms with Gasteiger partial charge in [-0.3, -0.25) is 9.59 Å². The van der Waals surface area contributed by atoms with Gasteiger partial charge in [-0.15, -0.1) is 45.3 Å². The molecule has 0 aliphatic heterocycles. The first kappa shape index (κ1) is 50.3. The Balaban J connectivity index is 1.37. The summed E-state index contributed by atoms with van der Waals surface area (Å²) >= 11 is 6.92. The summed E-state index contributed by atoms with van der Waals surface area (Å²) in [6, 6.07) is 26.9. The lowest BCUT2D eigenvalue weighted by Gasteiger charge is -2.16. The fraction of sp³-hybridized carbons (Fsp3) is 0.517. The summed E-state index contributed by atoms with van der Waals surface area (Å²) in [4.78, 5) is 35.5. The van der Waals surface area contributed by atoms with Gasteiger partial charge in [0.25, 0.3) is 0 Å². The Morgan fingerprint density at radius 1 is 0.406 bits per heavy atom. The highest BCUT2D eigenvalue weighted by molar-refractivity contribution is 7.18. The molecular formula is C58H76O2S4. The molecule has 0 spiro atoms. The van der Waals surface area contributed by atoms with Crippen molar-refractivity contribution in [3.8, 4) is 41.8 Å². The van der Waals surface area contributed by atoms with E-state index in [1.165, 1.54) is 146 Å². The Labute approximate surface area is 403 Å². The Hall–Kier alpha value is -3.16. The quantitative estimate of drug-likeness (QED) is 0.0312. The van der Waals surface area contributed by atoms with E-state index in [1.54, 1.807) is 45.3 Å². The number of hydrogen-bond donors (Lipinski definition) is 0. The molecule has 6 aromatic rings. The third-order valence-corrected chi connectivity index (χ3v) is 17.4. The standard InChI is InChI=1S/C58H76O2S4/c1-5-9-13-17-19-23-29-43(27-21-15-11-7-3)57(59)55-35-33-53(63-55)49-41-45(51-31-25-37-61-51)40-48-47(49)39-46(52-32-26-38-62-52)42-50(48)54-34-36-56(64-54)58(60)44(28-22-16-12-8-4)30-24-20-18-14-10-6-2/h25-26,31-44H,5-24,27-30H2,1-4H3. The van der Waals surface area contributed by atoms with Crippen LogP contribution in [-0.4, -0.2) is 11.6 Å². The van der Waals surface area contributed by atoms with E-state index in [-0.39, 0.29) is 11.8 Å². The molecule has 2 aromatic carbocycles. The van der Waals surface area contributed by atoms with Crippen LogP contribution in [0.25, 0.3) is 52.5 Å². The predicted molar refractivity (Wildman–Crippen MR) is 286 cm³/mol. The monoisotopic (exact) mass is 932 g/mol. The van der Waals surface area contributed by atoms with E-state index >= 15 is 0 Å². The maximum absolute atomic E-state index is 14.5. The molecule has 0 amide bonds. The molecule has 0 aliphatic carbocycles. The third kappa shape index (κ3) is 14.4. The molecule has 0 saturated heterocycles. The van der Waals surface area contributed by atoms with Crippen LogP contribution in [0.2, 0.25) is 0 Å². The smallest absolute Gasteiger partial charge is 0.175 e. The molecule has 6 heteroatoms. The molecule has 2 atom stereocenters. The summed E-state index contributed by atoms with van der Waals surface area (Å²) in [5.74, 6) is 0.878. The minimum Gasteiger partial charge on any atom is -0.293 e. The summed E-state index contributed by atoms with van der Waals surface area (Å²) in [6.07, 6.45) is 28.6. The second-order valence-electron chi connectivity index (χ2n) is 18.4. The molecule has 4 heterocycles. The van der Waals surface area contributed by atoms with E-state index in [2.05, 4.69) is 111 Å². The van der Waals surface area contributed by atoms with Crippen molar-refractivity contribution in [1.29, 1.82) is 0 Å². The number of rotatable bonds is 32. The number of thiophene rings is 4. The zero-order valence-electron chi connectivity index (χ0n) is 39.7. The van der Waals surface area contributed by atoms with E-state index in [0.717, 1.165) is 70.9 Å². The van der Waals surface area contributed by atoms with Crippen LogP contribution < -0.4 is 0 Å². The van der Waals surface area contributed by atoms with Crippen molar-refractivity contribution in [2.24, 2.45) is 11.8 Å². The molecule has 344 valence electrons. The second-order valence-corrected chi connectivity index (χ2v) is 22.4. The summed E-state index contributed by atoms with van der Waals surface area (Å²) in [6.45, 7) is 9.07. The van der Waals surface area contributed by atoms with Gasteiger partial charge in [-0.05, 0) is 119 Å². The maximum Gasteiger partial charge on any atom is 0.175 e. The van der Waals surface area contributed by atoms with Crippen molar-refractivity contribution in [3.05, 3.63) is 93.3 Å². The molecular weight excluding hydrogens is 857 g/mol. The van der Waals surface area contributed by atoms with Crippen LogP contribution in [0.15, 0.2) is 83.6 Å². The molecule has 6 rings (SSSR count). The van der Waals surface area contributed by atoms with E-state index in [9.17, 15) is 9.59 Å². The van der Waals surface area contributed by atoms with Gasteiger partial charge in [-0.1, -0.05) is 168 Å². The number of fused-ring (bicyclic) bond motifs is 1. The number of Topliss-reactive ketones (excluding diaryl/α,β-unsaturated/α-hetero) is 2. The Bertz CT molecular complexity index is 2090. The van der Waals surface area contributed by atoms with E-state index in [0.29, 0.717) is 11.6 Å². The minimum absolute atomic E-state index is 0.0956. The molecule has 0 radical (unpaired) electrons. The number of carbonyl (C=O) groups is 2. The van der Waals surface area contributed by atoms with Crippen molar-refractivity contribution >= 4 is 67.7 Å². The van der Waals surface area contributed by atoms with Gasteiger partial charge in [-0.25, -0.2) is 0 Å². The molecule has 0 bridgehead atoms. The molecule has 0 N–H and O–H groups in total. The zero-order valence-corrected chi connectivity index (χ0v) is 42.9. The van der Waals surface area contributed by atoms with Gasteiger partial charge in [0.15, 0.2) is 11.6 Å². The first-order valence-corrected chi connectivity index (χ1v) is 28.8. The van der Waals surface area contributed by atoms with Gasteiger partial charge < -0.3 is 0 Å². The molecule has 0 aliphatic rings. The Morgan fingerprint density at radius 2 is 0.750 bits per heavy atom. The zero-order chi connectivity index (χ0) is 44.9. The van der Waals surface area contributed by atoms with Gasteiger partial charge in [0, 0.05) is 42.5 Å². The van der Waals surface area contributed by atoms with Crippen molar-refractivity contribution in [3.63, 3.8) is 0 Å². The fourth-order valence-corrected chi connectivity index (χ4v) is 13.0. The summed E-state index contributed by atoms with van der Waals surface area (Å²) in [5.41, 5.74) is 4.75. The van der Waals surface area contributed by atoms with Crippen LogP contribution >= 0.6 is 45.3 Å². The number of benzene rings is 2. The lowest BCUT2D eigenvalue weighted by atomic mass is 9.90. The van der Waals surface area contributed by atoms with Crippen molar-refractivity contribution < 1.29 is 9.59 Å². The van der Waals surface area contributed by atoms with Crippen LogP contribution in [0, 0.1) is 11.8 Å². The van der Waals surface area contributed by atoms with Crippen LogP contribution in [0.1, 0.15) is 201 Å². The van der Waals surface area contributed by atoms with Gasteiger partial charge in [0.1, 0.15) is 0 Å². The molecule has 2 nitrogen and oxygen atoms in total. The van der Waals surface area contributed by atoms with Crippen LogP contribution in [0.3, 0.4) is 0 Å². The highest BCUT2D eigenvalue weighted by Gasteiger charge is 2.25. The minimum atomic E-state index is 0.0956. The average Bonchev–Trinajstić information content (AvgIpc) is 4.18. The predicted octanol–water partition coefficient (Wildman–Crippen LogP) is 20.8. The number of carbonyl (C=O) groups excluding carboxylic acids is 2. The van der Waals surface area contributed by atoms with Gasteiger partial charge in [-0.2, -0.15) is 0 Å². The average molecular weight is 934 g/mol. The third-order valence-electron chi connectivity index (χ3n) is 13.3. The number of unbranched alkanes of at least 4 members (excludes halogenated alkanes) is 16. The summed E-state index contributed by atoms with van der Waals surface area (Å²) in [5, 5.41) is 6.72. The van der Waals surface area contributed by atoms with Crippen LogP contribution in [0.4, 0.5) is 0 Å². The van der Waals surface area contributed by atoms with Crippen molar-refractivity contribution in [1.82, 2.24) is 0 Å². The van der Waals surface area contributed by atoms with Crippen LogP contribution in [-0.2, 0) is 0 Å². The van der Waals surface area contributed by atoms with E-state index in [1.807, 2.05) is 0 Å². The second kappa shape index (κ2) is 27.5. The Morgan fingerprint density at radius 3 is 1.09 bits per heavy atom. The normalized spacial score (nSPS) is 12.6. The highest BCUT2D eigenvalue weighted by Crippen LogP contribution is 2.46. The van der Waals surface area contributed by atoms with Crippen molar-refractivity contribution in [2.75, 3.05) is 0 Å². The molecule has 0 fully saturated rings. The summed E-state index contributed by atoms with van der Waals surface area (Å²) < 4.78 is 0. The lowest BCUT2D eigenvalue weighted by Crippen LogP contribution is -2.14. The first-order chi connectivity index (χ1) is 31.4. The summed E-state index contributed by atoms with van der Waals surface area (Å²) in [7, 11) is 0. The maximum atomic E-state index is 14.5. The first-order valence-electron chi connectivity index (χ1n) is 25.4.